The molecule has 0 saturated carbocycles. The van der Waals surface area contributed by atoms with Crippen molar-refractivity contribution in [3.63, 3.8) is 0 Å². The van der Waals surface area contributed by atoms with Gasteiger partial charge in [0.15, 0.2) is 11.2 Å². The standard InChI is InChI=1S/C110H90N4O2/c1-66(2)85-64-97(87-62-89-101-71(54-56-109(89,6)7)60-95(83-52-50-79(85)103(87)105(83)101)111(73-33-13-10-14-34-73)74-35-15-11-16-36-74)112(75-37-17-12-18-38-75)76-39-27-31-69(59-76)58-70-32-20-24-45-92(70)114(94-47-29-43-82-78-41-22-26-49-100(78)116-108(82)94)96-61-72-55-57-110(8,9)90-63-88-98(65-86(67(3)4)80-51-53-84(96)106(102(72)90)104(80)88)113(91-44-23-19-30-68(91)5)93-46-28-42-81-77-40-21-25-48-99(77)115-107(81)93/h10-53,59-67H,54-58H2,1-9H3. The lowest BCUT2D eigenvalue weighted by molar-refractivity contribution is 0.475. The Morgan fingerprint density at radius 3 is 1.19 bits per heavy atom. The average Bonchev–Trinajstić information content (AvgIpc) is 0.759. The van der Waals surface area contributed by atoms with Crippen LogP contribution < -0.4 is 19.6 Å². The molecule has 2 aliphatic rings. The van der Waals surface area contributed by atoms with E-state index in [1.165, 1.54) is 126 Å². The molecule has 0 radical (unpaired) electrons. The Morgan fingerprint density at radius 2 is 0.681 bits per heavy atom. The molecule has 0 aliphatic heterocycles. The molecule has 0 atom stereocenters. The minimum Gasteiger partial charge on any atom is -0.454 e. The third-order valence-electron chi connectivity index (χ3n) is 26.3. The number of furan rings is 2. The van der Waals surface area contributed by atoms with Crippen molar-refractivity contribution >= 4 is 177 Å². The molecule has 18 aromatic carbocycles. The van der Waals surface area contributed by atoms with Gasteiger partial charge in [-0.2, -0.15) is 0 Å². The van der Waals surface area contributed by atoms with Crippen molar-refractivity contribution in [2.24, 2.45) is 0 Å². The summed E-state index contributed by atoms with van der Waals surface area (Å²) >= 11 is 0. The fourth-order valence-corrected chi connectivity index (χ4v) is 20.6. The van der Waals surface area contributed by atoms with Crippen molar-refractivity contribution in [3.8, 4) is 0 Å². The van der Waals surface area contributed by atoms with E-state index < -0.39 is 0 Å². The van der Waals surface area contributed by atoms with Crippen molar-refractivity contribution in [2.45, 2.75) is 117 Å². The number of aryl methyl sites for hydroxylation is 3. The Bertz CT molecular complexity index is 7310. The Labute approximate surface area is 677 Å². The fourth-order valence-electron chi connectivity index (χ4n) is 20.6. The van der Waals surface area contributed by atoms with Crippen LogP contribution in [0.25, 0.3) is 109 Å². The van der Waals surface area contributed by atoms with E-state index in [0.717, 1.165) is 126 Å². The van der Waals surface area contributed by atoms with Gasteiger partial charge < -0.3 is 28.4 Å². The first-order valence-electron chi connectivity index (χ1n) is 41.6. The Kier molecular flexibility index (Phi) is 15.9. The molecule has 0 N–H and O–H groups in total. The second kappa shape index (κ2) is 26.5. The summed E-state index contributed by atoms with van der Waals surface area (Å²) in [7, 11) is 0. The van der Waals surface area contributed by atoms with Gasteiger partial charge >= 0.3 is 0 Å². The summed E-state index contributed by atoms with van der Waals surface area (Å²) in [4.78, 5) is 10.2. The second-order valence-electron chi connectivity index (χ2n) is 34.8. The van der Waals surface area contributed by atoms with E-state index in [2.05, 4.69) is 391 Å². The molecule has 562 valence electrons. The van der Waals surface area contributed by atoms with Crippen LogP contribution in [-0.2, 0) is 30.1 Å². The smallest absolute Gasteiger partial charge is 0.159 e. The molecule has 0 saturated heterocycles. The van der Waals surface area contributed by atoms with Gasteiger partial charge in [-0.25, -0.2) is 0 Å². The van der Waals surface area contributed by atoms with Crippen molar-refractivity contribution < 1.29 is 8.83 Å². The van der Waals surface area contributed by atoms with Gasteiger partial charge in [0, 0.05) is 88.0 Å². The largest absolute Gasteiger partial charge is 0.454 e. The molecule has 2 heterocycles. The lowest BCUT2D eigenvalue weighted by Crippen LogP contribution is -2.24. The van der Waals surface area contributed by atoms with E-state index >= 15 is 0 Å². The van der Waals surface area contributed by atoms with Crippen molar-refractivity contribution in [3.05, 3.63) is 359 Å². The second-order valence-corrected chi connectivity index (χ2v) is 34.8. The van der Waals surface area contributed by atoms with Crippen molar-refractivity contribution in [2.75, 3.05) is 19.6 Å². The predicted octanol–water partition coefficient (Wildman–Crippen LogP) is 31.8. The van der Waals surface area contributed by atoms with Gasteiger partial charge in [0.2, 0.25) is 0 Å². The van der Waals surface area contributed by atoms with E-state index in [1.54, 1.807) is 0 Å². The summed E-state index contributed by atoms with van der Waals surface area (Å²) in [5.41, 5.74) is 28.4. The van der Waals surface area contributed by atoms with Crippen molar-refractivity contribution in [1.29, 1.82) is 0 Å². The van der Waals surface area contributed by atoms with E-state index in [9.17, 15) is 0 Å². The summed E-state index contributed by atoms with van der Waals surface area (Å²) in [5, 5.41) is 20.0. The molecule has 2 aromatic heterocycles. The molecule has 22 rings (SSSR count). The first-order valence-corrected chi connectivity index (χ1v) is 41.6. The van der Waals surface area contributed by atoms with Crippen LogP contribution in [0.15, 0.2) is 318 Å². The Hall–Kier alpha value is -13.2. The maximum absolute atomic E-state index is 7.28. The number of rotatable bonds is 16. The lowest BCUT2D eigenvalue weighted by atomic mass is 9.70. The van der Waals surface area contributed by atoms with E-state index in [-0.39, 0.29) is 22.7 Å². The zero-order valence-corrected chi connectivity index (χ0v) is 67.2. The molecule has 20 aromatic rings. The monoisotopic (exact) mass is 1500 g/mol. The molecule has 6 nitrogen and oxygen atoms in total. The van der Waals surface area contributed by atoms with E-state index in [0.29, 0.717) is 6.42 Å². The molecule has 0 unspecified atom stereocenters. The van der Waals surface area contributed by atoms with E-state index in [1.807, 2.05) is 0 Å². The quantitative estimate of drug-likeness (QED) is 0.0898. The lowest BCUT2D eigenvalue weighted by Gasteiger charge is -2.37. The summed E-state index contributed by atoms with van der Waals surface area (Å²) in [6, 6.07) is 116. The molecular formula is C110H90N4O2. The van der Waals surface area contributed by atoms with Crippen molar-refractivity contribution in [1.82, 2.24) is 0 Å². The average molecular weight is 1500 g/mol. The van der Waals surface area contributed by atoms with Crippen LogP contribution in [0.4, 0.5) is 68.2 Å². The van der Waals surface area contributed by atoms with Gasteiger partial charge in [-0.3, -0.25) is 0 Å². The molecule has 0 bridgehead atoms. The highest BCUT2D eigenvalue weighted by atomic mass is 16.3. The molecule has 116 heavy (non-hydrogen) atoms. The van der Waals surface area contributed by atoms with Gasteiger partial charge in [-0.1, -0.05) is 243 Å². The van der Waals surface area contributed by atoms with Gasteiger partial charge in [-0.05, 0) is 265 Å². The number of anilines is 12. The summed E-state index contributed by atoms with van der Waals surface area (Å²) < 4.78 is 14.3. The zero-order chi connectivity index (χ0) is 78.1. The molecule has 2 aliphatic carbocycles. The van der Waals surface area contributed by atoms with Crippen LogP contribution in [0, 0.1) is 6.92 Å². The van der Waals surface area contributed by atoms with Gasteiger partial charge in [-0.15, -0.1) is 0 Å². The summed E-state index contributed by atoms with van der Waals surface area (Å²) in [6.45, 7) is 21.6. The maximum atomic E-state index is 7.28. The van der Waals surface area contributed by atoms with Crippen LogP contribution in [0.1, 0.15) is 130 Å². The fraction of sp³-hybridized carbons (Fsp3) is 0.164. The predicted molar refractivity (Wildman–Crippen MR) is 492 cm³/mol. The van der Waals surface area contributed by atoms with Gasteiger partial charge in [0.1, 0.15) is 11.2 Å². The van der Waals surface area contributed by atoms with Gasteiger partial charge in [0.05, 0.1) is 34.1 Å². The summed E-state index contributed by atoms with van der Waals surface area (Å²) in [5.74, 6) is 0.410. The highest BCUT2D eigenvalue weighted by molar-refractivity contribution is 6.33. The van der Waals surface area contributed by atoms with Crippen LogP contribution in [0.5, 0.6) is 0 Å². The number of benzene rings is 18. The van der Waals surface area contributed by atoms with E-state index in [4.69, 9.17) is 8.83 Å². The number of hydrogen-bond acceptors (Lipinski definition) is 6. The number of para-hydroxylation sites is 9. The van der Waals surface area contributed by atoms with Crippen LogP contribution in [-0.4, -0.2) is 0 Å². The number of hydrogen-bond donors (Lipinski definition) is 0. The van der Waals surface area contributed by atoms with Crippen LogP contribution in [0.3, 0.4) is 0 Å². The van der Waals surface area contributed by atoms with Crippen LogP contribution in [0.2, 0.25) is 0 Å². The molecule has 0 fully saturated rings. The molecular weight excluding hydrogens is 1410 g/mol. The third kappa shape index (κ3) is 10.7. The minimum atomic E-state index is -0.149. The Balaban J connectivity index is 0.763. The first-order chi connectivity index (χ1) is 56.6. The molecule has 0 amide bonds. The topological polar surface area (TPSA) is 39.2 Å². The molecule has 6 heteroatoms. The SMILES string of the molecule is Cc1ccccc1N(c1cc(C(C)C)c2ccc3c(N(c4ccccc4Cc4cccc(N(c5ccccc5)c5cc(C(C)C)c6ccc7c(N(c8ccccc8)c8ccccc8)cc8c9c(cc5c6c79)C(C)(C)CC8)c4)c4cccc5c4oc4ccccc45)cc4c5c(cc1c2c35)C(C)(C)CC4)c1cccc2c1oc1ccccc12. The first kappa shape index (κ1) is 69.5. The minimum absolute atomic E-state index is 0.0882. The zero-order valence-electron chi connectivity index (χ0n) is 67.2. The highest BCUT2D eigenvalue weighted by Gasteiger charge is 2.38. The van der Waals surface area contributed by atoms with Crippen LogP contribution >= 0.6 is 0 Å². The number of fused-ring (bicyclic) bond motifs is 6. The molecule has 0 spiro atoms. The normalized spacial score (nSPS) is 13.9. The third-order valence-corrected chi connectivity index (χ3v) is 26.3. The summed E-state index contributed by atoms with van der Waals surface area (Å²) in [6.07, 6.45) is 4.60. The van der Waals surface area contributed by atoms with Gasteiger partial charge in [0.25, 0.3) is 0 Å². The number of nitrogens with zero attached hydrogens (tertiary/aromatic N) is 4. The maximum Gasteiger partial charge on any atom is 0.159 e. The Morgan fingerprint density at radius 1 is 0.293 bits per heavy atom. The highest BCUT2D eigenvalue weighted by Crippen LogP contribution is 2.59.